The molecule has 0 radical (unpaired) electrons. The molecule has 2 N–H and O–H groups in total. The first-order valence-electron chi connectivity index (χ1n) is 6.57. The van der Waals surface area contributed by atoms with Gasteiger partial charge in [-0.05, 0) is 17.6 Å². The van der Waals surface area contributed by atoms with Gasteiger partial charge >= 0.3 is 7.12 Å². The van der Waals surface area contributed by atoms with Crippen molar-refractivity contribution < 1.29 is 10.0 Å². The van der Waals surface area contributed by atoms with E-state index in [2.05, 4.69) is 0 Å². The molecule has 0 bridgehead atoms. The van der Waals surface area contributed by atoms with Crippen LogP contribution in [0, 0.1) is 0 Å². The quantitative estimate of drug-likeness (QED) is 0.654. The Balaban J connectivity index is 2.31. The summed E-state index contributed by atoms with van der Waals surface area (Å²) in [5.74, 6) is 0. The van der Waals surface area contributed by atoms with Crippen molar-refractivity contribution in [2.75, 3.05) is 0 Å². The zero-order valence-electron chi connectivity index (χ0n) is 11.0. The monoisotopic (exact) mass is 276 g/mol. The summed E-state index contributed by atoms with van der Waals surface area (Å²) in [5.41, 5.74) is 2.11. The fourth-order valence-electron chi connectivity index (χ4n) is 2.54. The van der Waals surface area contributed by atoms with Gasteiger partial charge in [-0.1, -0.05) is 61.9 Å². The summed E-state index contributed by atoms with van der Waals surface area (Å²) in [6.07, 6.45) is 7.18. The SMILES string of the molecule is CCCC1(B(O)O)C=CC(c2ccccc2)=CC1Cl. The van der Waals surface area contributed by atoms with Crippen molar-refractivity contribution in [1.82, 2.24) is 0 Å². The number of hydrogen-bond donors (Lipinski definition) is 2. The van der Waals surface area contributed by atoms with E-state index in [1.807, 2.05) is 55.5 Å². The molecule has 4 heteroatoms. The molecule has 0 fully saturated rings. The lowest BCUT2D eigenvalue weighted by Crippen LogP contribution is -2.39. The Hall–Kier alpha value is -1.03. The first-order chi connectivity index (χ1) is 9.10. The van der Waals surface area contributed by atoms with Crippen molar-refractivity contribution in [3.8, 4) is 0 Å². The molecule has 100 valence electrons. The van der Waals surface area contributed by atoms with E-state index in [1.54, 1.807) is 0 Å². The molecule has 19 heavy (non-hydrogen) atoms. The highest BCUT2D eigenvalue weighted by Crippen LogP contribution is 2.47. The second-order valence-electron chi connectivity index (χ2n) is 4.96. The average molecular weight is 277 g/mol. The number of hydrogen-bond acceptors (Lipinski definition) is 2. The van der Waals surface area contributed by atoms with Gasteiger partial charge in [-0.25, -0.2) is 0 Å². The van der Waals surface area contributed by atoms with Crippen LogP contribution in [0.5, 0.6) is 0 Å². The van der Waals surface area contributed by atoms with E-state index in [4.69, 9.17) is 11.6 Å². The second-order valence-corrected chi connectivity index (χ2v) is 5.43. The summed E-state index contributed by atoms with van der Waals surface area (Å²) >= 11 is 6.41. The zero-order chi connectivity index (χ0) is 13.9. The topological polar surface area (TPSA) is 40.5 Å². The Bertz CT molecular complexity index is 484. The molecule has 2 rings (SSSR count). The van der Waals surface area contributed by atoms with Crippen molar-refractivity contribution >= 4 is 24.3 Å². The second kappa shape index (κ2) is 5.95. The number of benzene rings is 1. The van der Waals surface area contributed by atoms with E-state index < -0.39 is 17.8 Å². The molecule has 1 aromatic carbocycles. The molecule has 2 nitrogen and oxygen atoms in total. The molecule has 0 spiro atoms. The molecule has 0 saturated heterocycles. The zero-order valence-corrected chi connectivity index (χ0v) is 11.7. The Morgan fingerprint density at radius 3 is 2.47 bits per heavy atom. The maximum atomic E-state index is 9.68. The number of alkyl halides is 1. The Morgan fingerprint density at radius 1 is 1.26 bits per heavy atom. The van der Waals surface area contributed by atoms with Gasteiger partial charge < -0.3 is 10.0 Å². The van der Waals surface area contributed by atoms with Gasteiger partial charge in [-0.2, -0.15) is 0 Å². The highest BCUT2D eigenvalue weighted by Gasteiger charge is 2.45. The molecule has 1 aromatic rings. The van der Waals surface area contributed by atoms with E-state index in [1.165, 1.54) is 0 Å². The largest absolute Gasteiger partial charge is 0.464 e. The molecular weight excluding hydrogens is 258 g/mol. The van der Waals surface area contributed by atoms with Crippen LogP contribution in [0.15, 0.2) is 48.6 Å². The fourth-order valence-corrected chi connectivity index (χ4v) is 2.97. The van der Waals surface area contributed by atoms with Crippen LogP contribution in [-0.2, 0) is 0 Å². The molecule has 0 heterocycles. The third-order valence-electron chi connectivity index (χ3n) is 3.68. The highest BCUT2D eigenvalue weighted by atomic mass is 35.5. The number of allylic oxidation sites excluding steroid dienone is 4. The van der Waals surface area contributed by atoms with Crippen LogP contribution in [0.25, 0.3) is 5.57 Å². The van der Waals surface area contributed by atoms with Crippen LogP contribution >= 0.6 is 11.6 Å². The van der Waals surface area contributed by atoms with E-state index in [-0.39, 0.29) is 0 Å². The summed E-state index contributed by atoms with van der Waals surface area (Å²) in [4.78, 5) is 0. The van der Waals surface area contributed by atoms with Gasteiger partial charge in [-0.15, -0.1) is 11.6 Å². The molecular formula is C15H18BClO2. The van der Waals surface area contributed by atoms with Gasteiger partial charge in [0.25, 0.3) is 0 Å². The van der Waals surface area contributed by atoms with Crippen molar-refractivity contribution in [1.29, 1.82) is 0 Å². The van der Waals surface area contributed by atoms with Gasteiger partial charge in [-0.3, -0.25) is 0 Å². The Morgan fingerprint density at radius 2 is 1.95 bits per heavy atom. The molecule has 2 atom stereocenters. The minimum Gasteiger partial charge on any atom is -0.426 e. The Labute approximate surface area is 119 Å². The van der Waals surface area contributed by atoms with Crippen LogP contribution in [0.2, 0.25) is 5.31 Å². The molecule has 0 aliphatic heterocycles. The standard InChI is InChI=1S/C15H18BClO2/c1-2-9-15(16(18)19)10-8-13(11-14(15)17)12-6-4-3-5-7-12/h3-8,10-11,14,18-19H,2,9H2,1H3. The first kappa shape index (κ1) is 14.4. The summed E-state index contributed by atoms with van der Waals surface area (Å²) in [6.45, 7) is 2.01. The average Bonchev–Trinajstić information content (AvgIpc) is 2.42. The van der Waals surface area contributed by atoms with Crippen LogP contribution in [0.1, 0.15) is 25.3 Å². The van der Waals surface area contributed by atoms with Crippen molar-refractivity contribution in [2.24, 2.45) is 0 Å². The third kappa shape index (κ3) is 2.78. The third-order valence-corrected chi connectivity index (χ3v) is 4.22. The first-order valence-corrected chi connectivity index (χ1v) is 7.00. The molecule has 0 saturated carbocycles. The van der Waals surface area contributed by atoms with Gasteiger partial charge in [0, 0.05) is 5.31 Å². The molecule has 1 aliphatic carbocycles. The smallest absolute Gasteiger partial charge is 0.426 e. The lowest BCUT2D eigenvalue weighted by molar-refractivity contribution is 0.349. The summed E-state index contributed by atoms with van der Waals surface area (Å²) in [6, 6.07) is 9.95. The van der Waals surface area contributed by atoms with E-state index in [9.17, 15) is 10.0 Å². The van der Waals surface area contributed by atoms with E-state index in [0.29, 0.717) is 6.42 Å². The lowest BCUT2D eigenvalue weighted by Gasteiger charge is -2.35. The predicted octanol–water partition coefficient (Wildman–Crippen LogP) is 3.26. The predicted molar refractivity (Wildman–Crippen MR) is 81.0 cm³/mol. The highest BCUT2D eigenvalue weighted by molar-refractivity contribution is 6.49. The fraction of sp³-hybridized carbons (Fsp3) is 0.333. The van der Waals surface area contributed by atoms with Gasteiger partial charge in [0.2, 0.25) is 0 Å². The normalized spacial score (nSPS) is 26.1. The minimum absolute atomic E-state index is 0.423. The maximum absolute atomic E-state index is 9.68. The number of halogens is 1. The van der Waals surface area contributed by atoms with E-state index in [0.717, 1.165) is 17.6 Å². The van der Waals surface area contributed by atoms with Crippen molar-refractivity contribution in [3.63, 3.8) is 0 Å². The van der Waals surface area contributed by atoms with Crippen LogP contribution in [0.4, 0.5) is 0 Å². The van der Waals surface area contributed by atoms with Gasteiger partial charge in [0.05, 0.1) is 5.38 Å². The van der Waals surface area contributed by atoms with Crippen LogP contribution in [0.3, 0.4) is 0 Å². The summed E-state index contributed by atoms with van der Waals surface area (Å²) < 4.78 is 0. The van der Waals surface area contributed by atoms with E-state index >= 15 is 0 Å². The van der Waals surface area contributed by atoms with Crippen LogP contribution in [-0.4, -0.2) is 22.5 Å². The summed E-state index contributed by atoms with van der Waals surface area (Å²) in [7, 11) is -1.44. The van der Waals surface area contributed by atoms with Gasteiger partial charge in [0.15, 0.2) is 0 Å². The summed E-state index contributed by atoms with van der Waals surface area (Å²) in [5, 5.41) is 18.1. The molecule has 1 aliphatic rings. The maximum Gasteiger partial charge on any atom is 0.464 e. The Kier molecular flexibility index (Phi) is 4.51. The van der Waals surface area contributed by atoms with Gasteiger partial charge in [0.1, 0.15) is 0 Å². The van der Waals surface area contributed by atoms with Crippen molar-refractivity contribution in [2.45, 2.75) is 30.5 Å². The molecule has 0 aromatic heterocycles. The minimum atomic E-state index is -1.44. The lowest BCUT2D eigenvalue weighted by atomic mass is 9.52. The van der Waals surface area contributed by atoms with Crippen LogP contribution < -0.4 is 0 Å². The molecule has 0 amide bonds. The molecule has 2 unspecified atom stereocenters. The van der Waals surface area contributed by atoms with Crippen molar-refractivity contribution in [3.05, 3.63) is 54.1 Å². The number of rotatable bonds is 4.